The van der Waals surface area contributed by atoms with Gasteiger partial charge in [0.05, 0.1) is 0 Å². The van der Waals surface area contributed by atoms with Gasteiger partial charge in [-0.2, -0.15) is 0 Å². The van der Waals surface area contributed by atoms with E-state index in [0.29, 0.717) is 0 Å². The van der Waals surface area contributed by atoms with Crippen LogP contribution >= 0.6 is 23.1 Å². The van der Waals surface area contributed by atoms with Crippen LogP contribution < -0.4 is 5.32 Å². The molecule has 3 aromatic rings. The molecule has 19 heavy (non-hydrogen) atoms. The Morgan fingerprint density at radius 1 is 0.895 bits per heavy atom. The highest BCUT2D eigenvalue weighted by Gasteiger charge is 1.99. The lowest BCUT2D eigenvalue weighted by atomic mass is 10.3. The summed E-state index contributed by atoms with van der Waals surface area (Å²) in [5, 5.41) is 6.15. The molecule has 4 heteroatoms. The van der Waals surface area contributed by atoms with E-state index in [1.54, 1.807) is 29.3 Å². The van der Waals surface area contributed by atoms with Crippen LogP contribution in [0.15, 0.2) is 76.0 Å². The Hall–Kier alpha value is -1.78. The average Bonchev–Trinajstić information content (AvgIpc) is 2.95. The standard InChI is InChI=1S/C15H12N2S2/c1-2-4-13(5-3-1)19-14-8-6-12(7-9-14)17-15-16-10-11-18-15/h1-11H,(H,16,17). The molecule has 0 fully saturated rings. The fourth-order valence-corrected chi connectivity index (χ4v) is 3.03. The van der Waals surface area contributed by atoms with Crippen molar-refractivity contribution in [3.63, 3.8) is 0 Å². The van der Waals surface area contributed by atoms with Crippen LogP contribution in [0.1, 0.15) is 0 Å². The second-order valence-electron chi connectivity index (χ2n) is 3.90. The molecule has 94 valence electrons. The van der Waals surface area contributed by atoms with E-state index in [-0.39, 0.29) is 0 Å². The van der Waals surface area contributed by atoms with E-state index < -0.39 is 0 Å². The molecule has 0 bridgehead atoms. The molecule has 2 nitrogen and oxygen atoms in total. The van der Waals surface area contributed by atoms with Crippen LogP contribution in [0.4, 0.5) is 10.8 Å². The Morgan fingerprint density at radius 2 is 1.63 bits per heavy atom. The van der Waals surface area contributed by atoms with Crippen molar-refractivity contribution >= 4 is 33.9 Å². The van der Waals surface area contributed by atoms with E-state index >= 15 is 0 Å². The number of thiazole rings is 1. The van der Waals surface area contributed by atoms with E-state index in [1.165, 1.54) is 9.79 Å². The number of hydrogen-bond acceptors (Lipinski definition) is 4. The predicted octanol–water partition coefficient (Wildman–Crippen LogP) is 5.04. The molecule has 1 N–H and O–H groups in total. The quantitative estimate of drug-likeness (QED) is 0.726. The fraction of sp³-hybridized carbons (Fsp3) is 0. The molecule has 0 atom stereocenters. The zero-order valence-electron chi connectivity index (χ0n) is 10.1. The van der Waals surface area contributed by atoms with Crippen molar-refractivity contribution in [1.29, 1.82) is 0 Å². The third kappa shape index (κ3) is 3.36. The summed E-state index contributed by atoms with van der Waals surface area (Å²) < 4.78 is 0. The molecule has 0 spiro atoms. The molecule has 0 aliphatic carbocycles. The average molecular weight is 284 g/mol. The molecule has 0 radical (unpaired) electrons. The molecular weight excluding hydrogens is 272 g/mol. The molecule has 0 unspecified atom stereocenters. The zero-order valence-corrected chi connectivity index (χ0v) is 11.7. The minimum atomic E-state index is 0.920. The topological polar surface area (TPSA) is 24.9 Å². The predicted molar refractivity (Wildman–Crippen MR) is 82.4 cm³/mol. The highest BCUT2D eigenvalue weighted by atomic mass is 32.2. The van der Waals surface area contributed by atoms with Crippen LogP contribution in [0.3, 0.4) is 0 Å². The summed E-state index contributed by atoms with van der Waals surface area (Å²) in [5.41, 5.74) is 1.06. The number of nitrogens with zero attached hydrogens (tertiary/aromatic N) is 1. The lowest BCUT2D eigenvalue weighted by Gasteiger charge is -2.05. The first-order chi connectivity index (χ1) is 9.40. The first-order valence-electron chi connectivity index (χ1n) is 5.90. The van der Waals surface area contributed by atoms with Crippen LogP contribution in [0, 0.1) is 0 Å². The number of benzene rings is 2. The summed E-state index contributed by atoms with van der Waals surface area (Å²) in [4.78, 5) is 6.69. The van der Waals surface area contributed by atoms with Crippen LogP contribution in [0.25, 0.3) is 0 Å². The summed E-state index contributed by atoms with van der Waals surface area (Å²) in [5.74, 6) is 0. The first kappa shape index (κ1) is 12.3. The maximum atomic E-state index is 4.20. The molecule has 0 amide bonds. The summed E-state index contributed by atoms with van der Waals surface area (Å²) in [7, 11) is 0. The largest absolute Gasteiger partial charge is 0.332 e. The van der Waals surface area contributed by atoms with Gasteiger partial charge in [0.1, 0.15) is 0 Å². The normalized spacial score (nSPS) is 10.3. The molecule has 1 heterocycles. The van der Waals surface area contributed by atoms with Crippen molar-refractivity contribution in [1.82, 2.24) is 4.98 Å². The van der Waals surface area contributed by atoms with Gasteiger partial charge in [-0.1, -0.05) is 30.0 Å². The Balaban J connectivity index is 1.69. The lowest BCUT2D eigenvalue weighted by molar-refractivity contribution is 1.37. The second kappa shape index (κ2) is 5.91. The Labute approximate surface area is 120 Å². The molecule has 0 saturated carbocycles. The van der Waals surface area contributed by atoms with Crippen molar-refractivity contribution in [2.75, 3.05) is 5.32 Å². The van der Waals surface area contributed by atoms with Gasteiger partial charge in [0.2, 0.25) is 0 Å². The van der Waals surface area contributed by atoms with Crippen molar-refractivity contribution < 1.29 is 0 Å². The lowest BCUT2D eigenvalue weighted by Crippen LogP contribution is -1.88. The number of anilines is 2. The van der Waals surface area contributed by atoms with E-state index in [4.69, 9.17) is 0 Å². The number of hydrogen-bond donors (Lipinski definition) is 1. The van der Waals surface area contributed by atoms with E-state index in [1.807, 2.05) is 11.4 Å². The number of rotatable bonds is 4. The molecule has 0 saturated heterocycles. The van der Waals surface area contributed by atoms with E-state index in [9.17, 15) is 0 Å². The van der Waals surface area contributed by atoms with Crippen molar-refractivity contribution in [3.8, 4) is 0 Å². The van der Waals surface area contributed by atoms with Gasteiger partial charge in [0, 0.05) is 27.1 Å². The third-order valence-corrected chi connectivity index (χ3v) is 4.22. The van der Waals surface area contributed by atoms with Crippen LogP contribution in [0.5, 0.6) is 0 Å². The van der Waals surface area contributed by atoms with Crippen LogP contribution in [-0.2, 0) is 0 Å². The zero-order chi connectivity index (χ0) is 12.9. The van der Waals surface area contributed by atoms with E-state index in [0.717, 1.165) is 10.8 Å². The minimum absolute atomic E-state index is 0.920. The molecule has 1 aromatic heterocycles. The Bertz CT molecular complexity index is 619. The van der Waals surface area contributed by atoms with Crippen LogP contribution in [0.2, 0.25) is 0 Å². The summed E-state index contributed by atoms with van der Waals surface area (Å²) in [6, 6.07) is 18.8. The van der Waals surface area contributed by atoms with Gasteiger partial charge in [-0.25, -0.2) is 4.98 Å². The molecular formula is C15H12N2S2. The minimum Gasteiger partial charge on any atom is -0.332 e. The molecule has 2 aromatic carbocycles. The maximum absolute atomic E-state index is 4.20. The first-order valence-corrected chi connectivity index (χ1v) is 7.59. The summed E-state index contributed by atoms with van der Waals surface area (Å²) >= 11 is 3.36. The maximum Gasteiger partial charge on any atom is 0.187 e. The Morgan fingerprint density at radius 3 is 2.32 bits per heavy atom. The summed E-state index contributed by atoms with van der Waals surface area (Å²) in [6.07, 6.45) is 1.80. The number of nitrogens with one attached hydrogen (secondary N) is 1. The van der Waals surface area contributed by atoms with Crippen molar-refractivity contribution in [3.05, 3.63) is 66.2 Å². The van der Waals surface area contributed by atoms with Crippen LogP contribution in [-0.4, -0.2) is 4.98 Å². The van der Waals surface area contributed by atoms with Gasteiger partial charge in [-0.15, -0.1) is 11.3 Å². The second-order valence-corrected chi connectivity index (χ2v) is 5.94. The van der Waals surface area contributed by atoms with E-state index in [2.05, 4.69) is 58.8 Å². The summed E-state index contributed by atoms with van der Waals surface area (Å²) in [6.45, 7) is 0. The SMILES string of the molecule is c1ccc(Sc2ccc(Nc3nccs3)cc2)cc1. The monoisotopic (exact) mass is 284 g/mol. The van der Waals surface area contributed by atoms with Crippen molar-refractivity contribution in [2.24, 2.45) is 0 Å². The van der Waals surface area contributed by atoms with Gasteiger partial charge in [-0.3, -0.25) is 0 Å². The fourth-order valence-electron chi connectivity index (χ4n) is 1.64. The third-order valence-electron chi connectivity index (χ3n) is 2.52. The van der Waals surface area contributed by atoms with Gasteiger partial charge in [0.15, 0.2) is 5.13 Å². The molecule has 0 aliphatic rings. The smallest absolute Gasteiger partial charge is 0.187 e. The van der Waals surface area contributed by atoms with Gasteiger partial charge in [-0.05, 0) is 36.4 Å². The molecule has 3 rings (SSSR count). The van der Waals surface area contributed by atoms with Gasteiger partial charge < -0.3 is 5.32 Å². The van der Waals surface area contributed by atoms with Gasteiger partial charge in [0.25, 0.3) is 0 Å². The highest BCUT2D eigenvalue weighted by molar-refractivity contribution is 7.99. The number of aromatic nitrogens is 1. The molecule has 0 aliphatic heterocycles. The van der Waals surface area contributed by atoms with Gasteiger partial charge >= 0.3 is 0 Å². The highest BCUT2D eigenvalue weighted by Crippen LogP contribution is 2.29. The van der Waals surface area contributed by atoms with Crippen molar-refractivity contribution in [2.45, 2.75) is 9.79 Å². The Kier molecular flexibility index (Phi) is 3.81.